The lowest BCUT2D eigenvalue weighted by Gasteiger charge is -2.28. The maximum absolute atomic E-state index is 14.2. The molecule has 1 saturated heterocycles. The van der Waals surface area contributed by atoms with Gasteiger partial charge in [-0.15, -0.1) is 6.58 Å². The van der Waals surface area contributed by atoms with Gasteiger partial charge in [0.1, 0.15) is 17.2 Å². The van der Waals surface area contributed by atoms with Crippen LogP contribution in [0.5, 0.6) is 0 Å². The zero-order chi connectivity index (χ0) is 38.1. The highest BCUT2D eigenvalue weighted by Gasteiger charge is 2.43. The third kappa shape index (κ3) is 12.2. The molecule has 0 aliphatic carbocycles. The maximum atomic E-state index is 14.2. The summed E-state index contributed by atoms with van der Waals surface area (Å²) in [4.78, 5) is 59.8. The number of carbonyl (C=O) groups excluding carboxylic acids is 4. The van der Waals surface area contributed by atoms with Gasteiger partial charge in [-0.25, -0.2) is 22.9 Å². The Hall–Kier alpha value is -4.11. The van der Waals surface area contributed by atoms with Crippen molar-refractivity contribution in [3.8, 4) is 0 Å². The van der Waals surface area contributed by atoms with Crippen molar-refractivity contribution in [3.63, 3.8) is 0 Å². The number of unbranched alkanes of at least 4 members (excludes halogenated alkanes) is 1. The molecule has 4 atom stereocenters. The number of likely N-dealkylation sites (tertiary alicyclic amines) is 1. The van der Waals surface area contributed by atoms with Gasteiger partial charge in [-0.2, -0.15) is 0 Å². The Morgan fingerprint density at radius 1 is 1.12 bits per heavy atom. The van der Waals surface area contributed by atoms with Gasteiger partial charge in [-0.3, -0.25) is 14.4 Å². The number of carbonyl (C=O) groups is 4. The number of alkyl carbamates (subject to hydrolysis) is 1. The third-order valence-electron chi connectivity index (χ3n) is 8.34. The molecule has 282 valence electrons. The molecule has 0 radical (unpaired) electrons. The van der Waals surface area contributed by atoms with E-state index in [-0.39, 0.29) is 50.5 Å². The quantitative estimate of drug-likeness (QED) is 0.0942. The lowest BCUT2D eigenvalue weighted by molar-refractivity contribution is -0.139. The van der Waals surface area contributed by atoms with E-state index < -0.39 is 57.5 Å². The Labute approximate surface area is 309 Å². The van der Waals surface area contributed by atoms with E-state index in [1.165, 1.54) is 11.0 Å². The van der Waals surface area contributed by atoms with Gasteiger partial charge in [0.05, 0.1) is 25.0 Å². The molecule has 2 amide bonds. The SMILES string of the molecule is C=CC[C@@H](NS(C)(=O)=O)C(=O)N1C[C@H](OCc2ccc(Cl)cc2)C[C@H]1C(=O)C[C@@H](CCCCNC(=O)OC(C)(C)C)C(=O)c1nc2ccccc2o1. The Bertz CT molecular complexity index is 1810. The Morgan fingerprint density at radius 3 is 2.48 bits per heavy atom. The van der Waals surface area contributed by atoms with E-state index >= 15 is 0 Å². The highest BCUT2D eigenvalue weighted by molar-refractivity contribution is 7.88. The van der Waals surface area contributed by atoms with Crippen molar-refractivity contribution in [2.75, 3.05) is 19.3 Å². The van der Waals surface area contributed by atoms with Crippen molar-refractivity contribution in [2.24, 2.45) is 5.92 Å². The summed E-state index contributed by atoms with van der Waals surface area (Å²) in [5, 5.41) is 3.27. The summed E-state index contributed by atoms with van der Waals surface area (Å²) in [6.45, 7) is 9.47. The summed E-state index contributed by atoms with van der Waals surface area (Å²) in [6.07, 6.45) is 2.41. The molecule has 13 nitrogen and oxygen atoms in total. The van der Waals surface area contributed by atoms with Crippen LogP contribution in [0.2, 0.25) is 5.02 Å². The average molecular weight is 759 g/mol. The molecule has 1 aliphatic rings. The number of hydrogen-bond donors (Lipinski definition) is 2. The second-order valence-corrected chi connectivity index (χ2v) is 16.1. The molecule has 2 N–H and O–H groups in total. The molecule has 52 heavy (non-hydrogen) atoms. The van der Waals surface area contributed by atoms with Crippen molar-refractivity contribution in [1.29, 1.82) is 0 Å². The number of hydrogen-bond acceptors (Lipinski definition) is 10. The minimum absolute atomic E-state index is 0.00419. The zero-order valence-electron chi connectivity index (χ0n) is 29.9. The predicted octanol–water partition coefficient (Wildman–Crippen LogP) is 5.61. The summed E-state index contributed by atoms with van der Waals surface area (Å²) < 4.78 is 43.9. The first-order valence-electron chi connectivity index (χ1n) is 17.2. The molecule has 2 heterocycles. The van der Waals surface area contributed by atoms with E-state index in [0.29, 0.717) is 35.5 Å². The number of ether oxygens (including phenoxy) is 2. The smallest absolute Gasteiger partial charge is 0.407 e. The van der Waals surface area contributed by atoms with E-state index in [4.69, 9.17) is 25.5 Å². The number of Topliss-reactive ketones (excluding diaryl/α,β-unsaturated/α-hetero) is 2. The fourth-order valence-corrected chi connectivity index (χ4v) is 6.80. The first kappa shape index (κ1) is 40.7. The van der Waals surface area contributed by atoms with Crippen LogP contribution in [0.4, 0.5) is 4.79 Å². The first-order valence-corrected chi connectivity index (χ1v) is 19.4. The van der Waals surface area contributed by atoms with Crippen LogP contribution in [-0.4, -0.2) is 85.0 Å². The standard InChI is InChI=1S/C37H47ClN4O9S/c1-6-11-29(41-52(5,47)48)35(45)42-22-27(49-23-24-15-17-26(38)18-16-24)21-30(42)31(43)20-25(12-9-10-19-39-36(46)51-37(2,3)4)33(44)34-40-28-13-7-8-14-32(28)50-34/h6-8,13-18,25,27,29-30,41H,1,9-12,19-23H2,2-5H3,(H,39,46)/t25-,27-,29-,30+/m1/s1. The molecule has 0 bridgehead atoms. The van der Waals surface area contributed by atoms with Gasteiger partial charge in [0.2, 0.25) is 21.7 Å². The van der Waals surface area contributed by atoms with Crippen molar-refractivity contribution in [3.05, 3.63) is 77.7 Å². The maximum Gasteiger partial charge on any atom is 0.407 e. The normalized spacial score (nSPS) is 17.4. The number of rotatable bonds is 18. The number of nitrogens with one attached hydrogen (secondary N) is 2. The zero-order valence-corrected chi connectivity index (χ0v) is 31.5. The van der Waals surface area contributed by atoms with E-state index in [2.05, 4.69) is 21.6 Å². The van der Waals surface area contributed by atoms with Crippen LogP contribution in [0, 0.1) is 5.92 Å². The van der Waals surface area contributed by atoms with Crippen LogP contribution < -0.4 is 10.0 Å². The molecule has 1 aromatic heterocycles. The molecule has 0 unspecified atom stereocenters. The lowest BCUT2D eigenvalue weighted by Crippen LogP contribution is -2.51. The summed E-state index contributed by atoms with van der Waals surface area (Å²) in [5.74, 6) is -2.43. The molecule has 0 saturated carbocycles. The highest BCUT2D eigenvalue weighted by atomic mass is 35.5. The van der Waals surface area contributed by atoms with Gasteiger partial charge in [0.25, 0.3) is 5.89 Å². The average Bonchev–Trinajstić information content (AvgIpc) is 3.70. The number of benzene rings is 2. The second kappa shape index (κ2) is 18.1. The van der Waals surface area contributed by atoms with Crippen molar-refractivity contribution in [1.82, 2.24) is 19.9 Å². The topological polar surface area (TPSA) is 174 Å². The summed E-state index contributed by atoms with van der Waals surface area (Å²) in [6, 6.07) is 11.8. The van der Waals surface area contributed by atoms with Crippen LogP contribution >= 0.6 is 11.6 Å². The van der Waals surface area contributed by atoms with Crippen LogP contribution in [-0.2, 0) is 35.7 Å². The Kier molecular flexibility index (Phi) is 14.1. The van der Waals surface area contributed by atoms with Gasteiger partial charge >= 0.3 is 6.09 Å². The predicted molar refractivity (Wildman–Crippen MR) is 196 cm³/mol. The fraction of sp³-hybridized carbons (Fsp3) is 0.486. The van der Waals surface area contributed by atoms with Gasteiger partial charge in [-0.05, 0) is 69.9 Å². The molecule has 4 rings (SSSR count). The number of nitrogens with zero attached hydrogens (tertiary/aromatic N) is 2. The van der Waals surface area contributed by atoms with Gasteiger partial charge in [-0.1, -0.05) is 48.4 Å². The summed E-state index contributed by atoms with van der Waals surface area (Å²) in [5.41, 5.74) is 1.11. The molecular formula is C37H47ClN4O9S. The highest BCUT2D eigenvalue weighted by Crippen LogP contribution is 2.29. The van der Waals surface area contributed by atoms with E-state index in [9.17, 15) is 27.6 Å². The largest absolute Gasteiger partial charge is 0.444 e. The van der Waals surface area contributed by atoms with Crippen LogP contribution in [0.1, 0.15) is 75.5 Å². The number of fused-ring (bicyclic) bond motifs is 1. The molecule has 0 spiro atoms. The second-order valence-electron chi connectivity index (χ2n) is 13.9. The molecular weight excluding hydrogens is 712 g/mol. The van der Waals surface area contributed by atoms with Crippen molar-refractivity contribution < 1.29 is 41.5 Å². The van der Waals surface area contributed by atoms with Crippen molar-refractivity contribution >= 4 is 56.3 Å². The van der Waals surface area contributed by atoms with E-state index in [0.717, 1.165) is 11.8 Å². The molecule has 1 aliphatic heterocycles. The van der Waals surface area contributed by atoms with Gasteiger partial charge in [0.15, 0.2) is 11.4 Å². The summed E-state index contributed by atoms with van der Waals surface area (Å²) in [7, 11) is -3.79. The fourth-order valence-electron chi connectivity index (χ4n) is 5.96. The number of sulfonamides is 1. The minimum Gasteiger partial charge on any atom is -0.444 e. The van der Waals surface area contributed by atoms with E-state index in [1.54, 1.807) is 57.2 Å². The Balaban J connectivity index is 1.54. The minimum atomic E-state index is -3.79. The molecule has 3 aromatic rings. The first-order chi connectivity index (χ1) is 24.5. The molecule has 15 heteroatoms. The van der Waals surface area contributed by atoms with Gasteiger partial charge < -0.3 is 24.1 Å². The van der Waals surface area contributed by atoms with Crippen LogP contribution in [0.25, 0.3) is 11.1 Å². The number of aromatic nitrogens is 1. The van der Waals surface area contributed by atoms with Gasteiger partial charge in [0, 0.05) is 36.9 Å². The van der Waals surface area contributed by atoms with Crippen LogP contribution in [0.15, 0.2) is 65.6 Å². The molecule has 2 aromatic carbocycles. The van der Waals surface area contributed by atoms with E-state index in [1.807, 2.05) is 12.1 Å². The number of amides is 2. The number of halogens is 1. The third-order valence-corrected chi connectivity index (χ3v) is 9.31. The van der Waals surface area contributed by atoms with Crippen molar-refractivity contribution in [2.45, 2.75) is 89.7 Å². The summed E-state index contributed by atoms with van der Waals surface area (Å²) >= 11 is 6.02. The number of para-hydroxylation sites is 2. The number of oxazole rings is 1. The molecule has 1 fully saturated rings. The number of ketones is 2. The monoisotopic (exact) mass is 758 g/mol. The lowest BCUT2D eigenvalue weighted by atomic mass is 9.89. The van der Waals surface area contributed by atoms with Crippen LogP contribution in [0.3, 0.4) is 0 Å². The Morgan fingerprint density at radius 2 is 1.83 bits per heavy atom.